The Hall–Kier alpha value is -1.33. The second-order valence-electron chi connectivity index (χ2n) is 5.57. The van der Waals surface area contributed by atoms with Gasteiger partial charge in [0.25, 0.3) is 0 Å². The maximum absolute atomic E-state index is 4.86. The maximum Gasteiger partial charge on any atom is 0.143 e. The van der Waals surface area contributed by atoms with Gasteiger partial charge >= 0.3 is 0 Å². The molecule has 20 heavy (non-hydrogen) atoms. The summed E-state index contributed by atoms with van der Waals surface area (Å²) in [5.74, 6) is 0.544. The van der Waals surface area contributed by atoms with E-state index in [1.807, 2.05) is 0 Å². The van der Waals surface area contributed by atoms with E-state index in [-0.39, 0.29) is 0 Å². The van der Waals surface area contributed by atoms with Gasteiger partial charge in [-0.25, -0.2) is 4.98 Å². The zero-order chi connectivity index (χ0) is 13.9. The Morgan fingerprint density at radius 2 is 2.30 bits per heavy atom. The Labute approximate surface area is 123 Å². The molecule has 0 amide bonds. The molecule has 4 nitrogen and oxygen atoms in total. The number of aromatic nitrogens is 3. The van der Waals surface area contributed by atoms with Gasteiger partial charge in [0.15, 0.2) is 0 Å². The topological polar surface area (TPSA) is 50.7 Å². The highest BCUT2D eigenvalue weighted by Gasteiger charge is 2.25. The standard InChI is InChI=1S/C15H20N4S/c1-10(2)18-8-11-4-3-5-13-14(11)19-15(20-13)12-9-16-6-7-17-12/h6-7,9-11,18H,3-5,8H2,1-2H3. The van der Waals surface area contributed by atoms with Crippen LogP contribution in [0.3, 0.4) is 0 Å². The van der Waals surface area contributed by atoms with Crippen LogP contribution in [-0.2, 0) is 6.42 Å². The minimum Gasteiger partial charge on any atom is -0.314 e. The second-order valence-corrected chi connectivity index (χ2v) is 6.65. The third kappa shape index (κ3) is 2.88. The van der Waals surface area contributed by atoms with Gasteiger partial charge < -0.3 is 5.32 Å². The summed E-state index contributed by atoms with van der Waals surface area (Å²) in [6.45, 7) is 5.40. The Kier molecular flexibility index (Phi) is 4.08. The fraction of sp³-hybridized carbons (Fsp3) is 0.533. The van der Waals surface area contributed by atoms with Crippen molar-refractivity contribution < 1.29 is 0 Å². The van der Waals surface area contributed by atoms with Crippen molar-refractivity contribution in [2.75, 3.05) is 6.54 Å². The van der Waals surface area contributed by atoms with Crippen LogP contribution in [0.5, 0.6) is 0 Å². The van der Waals surface area contributed by atoms with Crippen molar-refractivity contribution in [1.82, 2.24) is 20.3 Å². The van der Waals surface area contributed by atoms with Crippen molar-refractivity contribution in [1.29, 1.82) is 0 Å². The van der Waals surface area contributed by atoms with E-state index in [9.17, 15) is 0 Å². The number of hydrogen-bond acceptors (Lipinski definition) is 5. The molecular formula is C15H20N4S. The van der Waals surface area contributed by atoms with Crippen molar-refractivity contribution in [2.45, 2.75) is 45.1 Å². The summed E-state index contributed by atoms with van der Waals surface area (Å²) in [5.41, 5.74) is 2.18. The van der Waals surface area contributed by atoms with E-state index in [0.29, 0.717) is 12.0 Å². The number of rotatable bonds is 4. The second kappa shape index (κ2) is 5.97. The van der Waals surface area contributed by atoms with Gasteiger partial charge in [0.1, 0.15) is 10.7 Å². The van der Waals surface area contributed by atoms with Gasteiger partial charge in [-0.15, -0.1) is 11.3 Å². The first kappa shape index (κ1) is 13.6. The van der Waals surface area contributed by atoms with Crippen molar-refractivity contribution in [3.63, 3.8) is 0 Å². The SMILES string of the molecule is CC(C)NCC1CCCc2sc(-c3cnccn3)nc21. The van der Waals surface area contributed by atoms with E-state index in [1.165, 1.54) is 23.4 Å². The minimum absolute atomic E-state index is 0.526. The summed E-state index contributed by atoms with van der Waals surface area (Å²) < 4.78 is 0. The molecule has 1 aliphatic carbocycles. The fourth-order valence-electron chi connectivity index (χ4n) is 2.60. The summed E-state index contributed by atoms with van der Waals surface area (Å²) in [5, 5.41) is 4.56. The average Bonchev–Trinajstić information content (AvgIpc) is 2.90. The normalized spacial score (nSPS) is 18.2. The molecule has 0 saturated carbocycles. The first-order valence-electron chi connectivity index (χ1n) is 7.23. The lowest BCUT2D eigenvalue weighted by molar-refractivity contribution is 0.475. The molecule has 0 saturated heterocycles. The molecular weight excluding hydrogens is 268 g/mol. The molecule has 0 radical (unpaired) electrons. The summed E-state index contributed by atoms with van der Waals surface area (Å²) in [7, 11) is 0. The first-order chi connectivity index (χ1) is 9.74. The van der Waals surface area contributed by atoms with Crippen molar-refractivity contribution >= 4 is 11.3 Å². The maximum atomic E-state index is 4.86. The molecule has 0 aliphatic heterocycles. The quantitative estimate of drug-likeness (QED) is 0.939. The zero-order valence-electron chi connectivity index (χ0n) is 12.0. The van der Waals surface area contributed by atoms with E-state index in [1.54, 1.807) is 29.9 Å². The van der Waals surface area contributed by atoms with Gasteiger partial charge in [-0.05, 0) is 19.3 Å². The van der Waals surface area contributed by atoms with E-state index in [2.05, 4.69) is 29.1 Å². The molecule has 3 rings (SSSR count). The molecule has 2 aromatic heterocycles. The number of aryl methyl sites for hydroxylation is 1. The lowest BCUT2D eigenvalue weighted by Gasteiger charge is -2.22. The molecule has 1 atom stereocenters. The van der Waals surface area contributed by atoms with Gasteiger partial charge in [-0.1, -0.05) is 13.8 Å². The van der Waals surface area contributed by atoms with Crippen molar-refractivity contribution in [3.8, 4) is 10.7 Å². The molecule has 0 aromatic carbocycles. The summed E-state index contributed by atoms with van der Waals surface area (Å²) in [4.78, 5) is 14.8. The Bertz CT molecular complexity index is 565. The van der Waals surface area contributed by atoms with Crippen molar-refractivity contribution in [3.05, 3.63) is 29.2 Å². The highest BCUT2D eigenvalue weighted by Crippen LogP contribution is 2.37. The number of fused-ring (bicyclic) bond motifs is 1. The van der Waals surface area contributed by atoms with Crippen LogP contribution in [0.15, 0.2) is 18.6 Å². The lowest BCUT2D eigenvalue weighted by Crippen LogP contribution is -2.29. The molecule has 1 unspecified atom stereocenters. The van der Waals surface area contributed by atoms with Crippen LogP contribution in [0.1, 0.15) is 43.2 Å². The molecule has 1 N–H and O–H groups in total. The van der Waals surface area contributed by atoms with Gasteiger partial charge in [0.05, 0.1) is 11.9 Å². The monoisotopic (exact) mass is 288 g/mol. The molecule has 0 spiro atoms. The minimum atomic E-state index is 0.526. The van der Waals surface area contributed by atoms with Crippen LogP contribution in [0.25, 0.3) is 10.7 Å². The third-order valence-corrected chi connectivity index (χ3v) is 4.78. The molecule has 5 heteroatoms. The number of hydrogen-bond donors (Lipinski definition) is 1. The Balaban J connectivity index is 1.85. The van der Waals surface area contributed by atoms with E-state index in [4.69, 9.17) is 4.98 Å². The fourth-order valence-corrected chi connectivity index (χ4v) is 3.75. The third-order valence-electron chi connectivity index (χ3n) is 3.63. The van der Waals surface area contributed by atoms with Gasteiger partial charge in [-0.2, -0.15) is 0 Å². The highest BCUT2D eigenvalue weighted by atomic mass is 32.1. The van der Waals surface area contributed by atoms with Gasteiger partial charge in [0.2, 0.25) is 0 Å². The van der Waals surface area contributed by atoms with Crippen LogP contribution in [-0.4, -0.2) is 27.5 Å². The van der Waals surface area contributed by atoms with Crippen LogP contribution in [0.2, 0.25) is 0 Å². The van der Waals surface area contributed by atoms with E-state index < -0.39 is 0 Å². The van der Waals surface area contributed by atoms with Crippen molar-refractivity contribution in [2.24, 2.45) is 0 Å². The van der Waals surface area contributed by atoms with Crippen LogP contribution in [0.4, 0.5) is 0 Å². The molecule has 0 bridgehead atoms. The van der Waals surface area contributed by atoms with E-state index in [0.717, 1.165) is 23.7 Å². The van der Waals surface area contributed by atoms with Crippen LogP contribution < -0.4 is 5.32 Å². The zero-order valence-corrected chi connectivity index (χ0v) is 12.8. The number of nitrogens with one attached hydrogen (secondary N) is 1. The molecule has 2 heterocycles. The van der Waals surface area contributed by atoms with Gasteiger partial charge in [0, 0.05) is 35.8 Å². The Morgan fingerprint density at radius 3 is 3.05 bits per heavy atom. The predicted molar refractivity (Wildman–Crippen MR) is 82.0 cm³/mol. The van der Waals surface area contributed by atoms with Crippen LogP contribution in [0, 0.1) is 0 Å². The summed E-state index contributed by atoms with van der Waals surface area (Å²) in [6, 6.07) is 0.526. The van der Waals surface area contributed by atoms with Gasteiger partial charge in [-0.3, -0.25) is 9.97 Å². The molecule has 1 aliphatic rings. The first-order valence-corrected chi connectivity index (χ1v) is 8.05. The van der Waals surface area contributed by atoms with E-state index >= 15 is 0 Å². The molecule has 0 fully saturated rings. The Morgan fingerprint density at radius 1 is 1.40 bits per heavy atom. The summed E-state index contributed by atoms with van der Waals surface area (Å²) in [6.07, 6.45) is 8.88. The number of thiazole rings is 1. The molecule has 106 valence electrons. The smallest absolute Gasteiger partial charge is 0.143 e. The number of nitrogens with zero attached hydrogens (tertiary/aromatic N) is 3. The average molecular weight is 288 g/mol. The summed E-state index contributed by atoms with van der Waals surface area (Å²) >= 11 is 1.79. The molecule has 2 aromatic rings. The lowest BCUT2D eigenvalue weighted by atomic mass is 9.91. The van der Waals surface area contributed by atoms with Crippen LogP contribution >= 0.6 is 11.3 Å². The highest BCUT2D eigenvalue weighted by molar-refractivity contribution is 7.15. The largest absolute Gasteiger partial charge is 0.314 e. The predicted octanol–water partition coefficient (Wildman–Crippen LogP) is 3.02.